The number of rotatable bonds is 6. The molecule has 25 heavy (non-hydrogen) atoms. The SMILES string of the molecule is Cc1cc(C)cc(C(=O)SOSOSC(=O)c2cc(C)cc(C)c2)c1. The summed E-state index contributed by atoms with van der Waals surface area (Å²) in [7, 11) is 0. The monoisotopic (exact) mass is 394 g/mol. The summed E-state index contributed by atoms with van der Waals surface area (Å²) in [6, 6.07) is 11.2. The van der Waals surface area contributed by atoms with Crippen LogP contribution in [0.25, 0.3) is 0 Å². The van der Waals surface area contributed by atoms with Crippen LogP contribution in [0.2, 0.25) is 0 Å². The highest BCUT2D eigenvalue weighted by molar-refractivity contribution is 8.20. The van der Waals surface area contributed by atoms with Gasteiger partial charge in [0.05, 0.1) is 24.1 Å². The molecule has 0 unspecified atom stereocenters. The molecule has 2 rings (SSSR count). The lowest BCUT2D eigenvalue weighted by atomic mass is 10.1. The zero-order chi connectivity index (χ0) is 18.4. The molecular weight excluding hydrogens is 376 g/mol. The Labute approximate surface area is 160 Å². The Morgan fingerprint density at radius 3 is 1.28 bits per heavy atom. The van der Waals surface area contributed by atoms with Gasteiger partial charge in [0.15, 0.2) is 12.3 Å². The number of carbonyl (C=O) groups excluding carboxylic acids is 2. The maximum Gasteiger partial charge on any atom is 0.247 e. The highest BCUT2D eigenvalue weighted by Gasteiger charge is 2.12. The molecule has 2 aromatic carbocycles. The number of aryl methyl sites for hydroxylation is 4. The van der Waals surface area contributed by atoms with Crippen LogP contribution >= 0.6 is 36.4 Å². The molecule has 0 aromatic heterocycles. The van der Waals surface area contributed by atoms with Crippen LogP contribution < -0.4 is 0 Å². The molecule has 132 valence electrons. The lowest BCUT2D eigenvalue weighted by molar-refractivity contribution is 0.107. The van der Waals surface area contributed by atoms with Crippen LogP contribution in [0.5, 0.6) is 0 Å². The molecule has 0 fully saturated rings. The van der Waals surface area contributed by atoms with Crippen molar-refractivity contribution in [2.24, 2.45) is 0 Å². The van der Waals surface area contributed by atoms with Crippen molar-refractivity contribution in [2.45, 2.75) is 27.7 Å². The smallest absolute Gasteiger partial charge is 0.247 e. The Morgan fingerprint density at radius 1 is 0.640 bits per heavy atom. The third-order valence-corrected chi connectivity index (χ3v) is 4.95. The third-order valence-electron chi connectivity index (χ3n) is 3.19. The largest absolute Gasteiger partial charge is 0.279 e. The maximum atomic E-state index is 12.0. The molecule has 7 heteroatoms. The second kappa shape index (κ2) is 9.45. The summed E-state index contributed by atoms with van der Waals surface area (Å²) in [4.78, 5) is 24.1. The van der Waals surface area contributed by atoms with E-state index in [1.807, 2.05) is 39.8 Å². The van der Waals surface area contributed by atoms with E-state index in [4.69, 9.17) is 7.26 Å². The Morgan fingerprint density at radius 2 is 0.960 bits per heavy atom. The lowest BCUT2D eigenvalue weighted by Crippen LogP contribution is -1.96. The van der Waals surface area contributed by atoms with Crippen LogP contribution in [0.3, 0.4) is 0 Å². The molecule has 0 bridgehead atoms. The van der Waals surface area contributed by atoms with Crippen molar-refractivity contribution < 1.29 is 16.8 Å². The molecule has 2 aromatic rings. The van der Waals surface area contributed by atoms with Gasteiger partial charge in [0.25, 0.3) is 0 Å². The molecule has 0 aliphatic carbocycles. The van der Waals surface area contributed by atoms with Crippen LogP contribution in [0, 0.1) is 27.7 Å². The van der Waals surface area contributed by atoms with E-state index in [1.54, 1.807) is 24.3 Å². The summed E-state index contributed by atoms with van der Waals surface area (Å²) in [6.07, 6.45) is 0. The van der Waals surface area contributed by atoms with Crippen LogP contribution in [0.1, 0.15) is 43.0 Å². The first-order chi connectivity index (χ1) is 11.8. The first-order valence-corrected chi connectivity index (χ1v) is 9.60. The third kappa shape index (κ3) is 6.52. The second-order valence-corrected chi connectivity index (χ2v) is 8.00. The van der Waals surface area contributed by atoms with Crippen molar-refractivity contribution in [1.82, 2.24) is 0 Å². The Kier molecular flexibility index (Phi) is 7.58. The van der Waals surface area contributed by atoms with Crippen LogP contribution in [0.15, 0.2) is 36.4 Å². The molecule has 0 aliphatic rings. The minimum absolute atomic E-state index is 0.214. The van der Waals surface area contributed by atoms with E-state index in [0.717, 1.165) is 22.3 Å². The van der Waals surface area contributed by atoms with Gasteiger partial charge < -0.3 is 0 Å². The molecule has 0 heterocycles. The summed E-state index contributed by atoms with van der Waals surface area (Å²) in [5.74, 6) is 0. The number of benzene rings is 2. The number of carbonyl (C=O) groups is 2. The van der Waals surface area contributed by atoms with Gasteiger partial charge in [-0.3, -0.25) is 9.59 Å². The fraction of sp³-hybridized carbons (Fsp3) is 0.222. The van der Waals surface area contributed by atoms with E-state index in [9.17, 15) is 9.59 Å². The average Bonchev–Trinajstić information content (AvgIpc) is 2.52. The predicted molar refractivity (Wildman–Crippen MR) is 105 cm³/mol. The van der Waals surface area contributed by atoms with Crippen LogP contribution in [-0.4, -0.2) is 10.2 Å². The number of hydrogen-bond acceptors (Lipinski definition) is 7. The summed E-state index contributed by atoms with van der Waals surface area (Å²) in [5.41, 5.74) is 5.21. The van der Waals surface area contributed by atoms with Gasteiger partial charge in [-0.2, -0.15) is 0 Å². The summed E-state index contributed by atoms with van der Waals surface area (Å²) < 4.78 is 10.1. The quantitative estimate of drug-likeness (QED) is 0.454. The highest BCUT2D eigenvalue weighted by atomic mass is 32.3. The zero-order valence-electron chi connectivity index (χ0n) is 14.3. The Hall–Kier alpha value is -1.25. The van der Waals surface area contributed by atoms with Gasteiger partial charge >= 0.3 is 0 Å². The fourth-order valence-corrected chi connectivity index (χ4v) is 3.82. The van der Waals surface area contributed by atoms with Gasteiger partial charge in [-0.15, -0.1) is 0 Å². The van der Waals surface area contributed by atoms with Crippen molar-refractivity contribution in [1.29, 1.82) is 0 Å². The van der Waals surface area contributed by atoms with E-state index in [0.29, 0.717) is 47.5 Å². The molecule has 0 N–H and O–H groups in total. The Bertz CT molecular complexity index is 684. The first kappa shape index (κ1) is 20.1. The Balaban J connectivity index is 1.75. The van der Waals surface area contributed by atoms with Gasteiger partial charge in [-0.1, -0.05) is 34.4 Å². The van der Waals surface area contributed by atoms with Gasteiger partial charge in [0.2, 0.25) is 10.2 Å². The fourth-order valence-electron chi connectivity index (χ4n) is 2.38. The topological polar surface area (TPSA) is 52.6 Å². The minimum atomic E-state index is -0.214. The molecule has 0 aliphatic heterocycles. The van der Waals surface area contributed by atoms with Crippen LogP contribution in [-0.2, 0) is 7.26 Å². The standard InChI is InChI=1S/C18H18O4S3/c1-11-5-12(2)8-15(7-11)17(19)23-21-25-22-24-18(20)16-9-13(3)6-14(4)10-16/h5-10H,1-4H3. The second-order valence-electron chi connectivity index (χ2n) is 5.70. The average molecular weight is 395 g/mol. The van der Waals surface area contributed by atoms with Crippen molar-refractivity contribution in [3.8, 4) is 0 Å². The minimum Gasteiger partial charge on any atom is -0.279 e. The van der Waals surface area contributed by atoms with Gasteiger partial charge in [0.1, 0.15) is 0 Å². The van der Waals surface area contributed by atoms with Crippen molar-refractivity contribution in [3.63, 3.8) is 0 Å². The van der Waals surface area contributed by atoms with Crippen molar-refractivity contribution >= 4 is 46.6 Å². The molecule has 0 spiro atoms. The molecule has 0 saturated carbocycles. The van der Waals surface area contributed by atoms with Gasteiger partial charge in [-0.25, -0.2) is 7.26 Å². The maximum absolute atomic E-state index is 12.0. The van der Waals surface area contributed by atoms with E-state index in [-0.39, 0.29) is 10.2 Å². The van der Waals surface area contributed by atoms with Crippen molar-refractivity contribution in [2.75, 3.05) is 0 Å². The normalized spacial score (nSPS) is 10.7. The highest BCUT2D eigenvalue weighted by Crippen LogP contribution is 2.27. The molecular formula is C18H18O4S3. The van der Waals surface area contributed by atoms with E-state index in [2.05, 4.69) is 0 Å². The van der Waals surface area contributed by atoms with Crippen molar-refractivity contribution in [3.05, 3.63) is 69.8 Å². The van der Waals surface area contributed by atoms with Gasteiger partial charge in [-0.05, 0) is 52.0 Å². The van der Waals surface area contributed by atoms with E-state index < -0.39 is 0 Å². The van der Waals surface area contributed by atoms with E-state index >= 15 is 0 Å². The summed E-state index contributed by atoms with van der Waals surface area (Å²) >= 11 is 1.95. The summed E-state index contributed by atoms with van der Waals surface area (Å²) in [5, 5.41) is -0.429. The molecule has 0 amide bonds. The van der Waals surface area contributed by atoms with Gasteiger partial charge in [0, 0.05) is 11.1 Å². The lowest BCUT2D eigenvalue weighted by Gasteiger charge is -2.04. The molecule has 0 atom stereocenters. The zero-order valence-corrected chi connectivity index (χ0v) is 16.8. The molecule has 4 nitrogen and oxygen atoms in total. The summed E-state index contributed by atoms with van der Waals surface area (Å²) in [6.45, 7) is 7.73. The molecule has 0 radical (unpaired) electrons. The van der Waals surface area contributed by atoms with Crippen LogP contribution in [0.4, 0.5) is 0 Å². The predicted octanol–water partition coefficient (Wildman–Crippen LogP) is 5.79. The first-order valence-electron chi connectivity index (χ1n) is 7.45. The molecule has 0 saturated heterocycles. The number of hydrogen-bond donors (Lipinski definition) is 0. The van der Waals surface area contributed by atoms with E-state index in [1.165, 1.54) is 0 Å².